The van der Waals surface area contributed by atoms with Gasteiger partial charge in [-0.25, -0.2) is 9.97 Å². The van der Waals surface area contributed by atoms with E-state index in [2.05, 4.69) is 14.9 Å². The van der Waals surface area contributed by atoms with E-state index in [1.54, 1.807) is 18.5 Å². The van der Waals surface area contributed by atoms with Crippen molar-refractivity contribution in [2.24, 2.45) is 0 Å². The zero-order chi connectivity index (χ0) is 13.8. The third kappa shape index (κ3) is 3.59. The van der Waals surface area contributed by atoms with Crippen LogP contribution in [0.1, 0.15) is 18.6 Å². The molecular weight excluding hydrogens is 274 g/mol. The minimum Gasteiger partial charge on any atom is -0.453 e. The minimum absolute atomic E-state index is 0.135. The molecule has 106 valence electrons. The average Bonchev–Trinajstić information content (AvgIpc) is 2.90. The summed E-state index contributed by atoms with van der Waals surface area (Å²) in [4.78, 5) is 10.6. The maximum atomic E-state index is 9.49. The van der Waals surface area contributed by atoms with Crippen LogP contribution in [0, 0.1) is 0 Å². The summed E-state index contributed by atoms with van der Waals surface area (Å²) in [6.07, 6.45) is 5.00. The second-order valence-electron chi connectivity index (χ2n) is 4.86. The van der Waals surface area contributed by atoms with Crippen LogP contribution in [0.15, 0.2) is 45.3 Å². The fourth-order valence-corrected chi connectivity index (χ4v) is 2.92. The van der Waals surface area contributed by atoms with Crippen LogP contribution < -0.4 is 0 Å². The van der Waals surface area contributed by atoms with Crippen molar-refractivity contribution >= 4 is 11.8 Å². The van der Waals surface area contributed by atoms with Crippen molar-refractivity contribution in [1.29, 1.82) is 0 Å². The molecule has 0 unspecified atom stereocenters. The lowest BCUT2D eigenvalue weighted by molar-refractivity contribution is 0.0754. The van der Waals surface area contributed by atoms with Crippen molar-refractivity contribution in [3.05, 3.63) is 36.4 Å². The molecule has 0 atom stereocenters. The molecule has 1 aliphatic rings. The van der Waals surface area contributed by atoms with Gasteiger partial charge in [-0.2, -0.15) is 0 Å². The number of hydrogen-bond acceptors (Lipinski definition) is 6. The zero-order valence-corrected chi connectivity index (χ0v) is 11.9. The molecule has 0 amide bonds. The van der Waals surface area contributed by atoms with Crippen LogP contribution in [0.4, 0.5) is 0 Å². The number of aliphatic hydroxyl groups excluding tert-OH is 1. The molecule has 0 spiro atoms. The van der Waals surface area contributed by atoms with Gasteiger partial charge in [0.05, 0.1) is 12.6 Å². The molecule has 2 aromatic rings. The SMILES string of the molecule is OC1CCN(Cc2ccc(Sc3ncccn3)o2)CC1. The fraction of sp³-hybridized carbons (Fsp3) is 0.429. The van der Waals surface area contributed by atoms with E-state index >= 15 is 0 Å². The Kier molecular flexibility index (Phi) is 4.34. The van der Waals surface area contributed by atoms with Gasteiger partial charge < -0.3 is 9.52 Å². The topological polar surface area (TPSA) is 62.4 Å². The first-order valence-corrected chi connectivity index (χ1v) is 7.55. The van der Waals surface area contributed by atoms with Crippen molar-refractivity contribution < 1.29 is 9.52 Å². The zero-order valence-electron chi connectivity index (χ0n) is 11.1. The predicted octanol–water partition coefficient (Wildman–Crippen LogP) is 2.18. The Balaban J connectivity index is 1.57. The van der Waals surface area contributed by atoms with Crippen molar-refractivity contribution in [1.82, 2.24) is 14.9 Å². The molecule has 1 fully saturated rings. The van der Waals surface area contributed by atoms with Crippen molar-refractivity contribution in [3.63, 3.8) is 0 Å². The largest absolute Gasteiger partial charge is 0.453 e. The Hall–Kier alpha value is -1.37. The molecule has 5 nitrogen and oxygen atoms in total. The maximum absolute atomic E-state index is 9.49. The van der Waals surface area contributed by atoms with Gasteiger partial charge in [0.1, 0.15) is 5.76 Å². The highest BCUT2D eigenvalue weighted by molar-refractivity contribution is 7.99. The lowest BCUT2D eigenvalue weighted by Crippen LogP contribution is -2.35. The average molecular weight is 291 g/mol. The highest BCUT2D eigenvalue weighted by atomic mass is 32.2. The molecule has 3 heterocycles. The van der Waals surface area contributed by atoms with Gasteiger partial charge in [0, 0.05) is 25.5 Å². The van der Waals surface area contributed by atoms with Gasteiger partial charge in [-0.3, -0.25) is 4.90 Å². The predicted molar refractivity (Wildman–Crippen MR) is 75.4 cm³/mol. The number of hydrogen-bond donors (Lipinski definition) is 1. The van der Waals surface area contributed by atoms with E-state index < -0.39 is 0 Å². The molecule has 0 aliphatic carbocycles. The summed E-state index contributed by atoms with van der Waals surface area (Å²) in [5.74, 6) is 0.944. The number of piperidine rings is 1. The molecule has 0 radical (unpaired) electrons. The third-order valence-electron chi connectivity index (χ3n) is 3.31. The fourth-order valence-electron chi connectivity index (χ4n) is 2.22. The first-order chi connectivity index (χ1) is 9.79. The van der Waals surface area contributed by atoms with E-state index in [1.165, 1.54) is 11.8 Å². The van der Waals surface area contributed by atoms with Crippen molar-refractivity contribution in [2.45, 2.75) is 35.7 Å². The molecule has 1 N–H and O–H groups in total. The van der Waals surface area contributed by atoms with Crippen LogP contribution >= 0.6 is 11.8 Å². The van der Waals surface area contributed by atoms with Crippen LogP contribution in [0.5, 0.6) is 0 Å². The van der Waals surface area contributed by atoms with Crippen LogP contribution in [0.2, 0.25) is 0 Å². The smallest absolute Gasteiger partial charge is 0.195 e. The summed E-state index contributed by atoms with van der Waals surface area (Å²) < 4.78 is 5.80. The number of nitrogens with zero attached hydrogens (tertiary/aromatic N) is 3. The first kappa shape index (κ1) is 13.6. The summed E-state index contributed by atoms with van der Waals surface area (Å²) in [6.45, 7) is 2.64. The molecule has 2 aromatic heterocycles. The van der Waals surface area contributed by atoms with Crippen LogP contribution in [0.25, 0.3) is 0 Å². The van der Waals surface area contributed by atoms with Gasteiger partial charge >= 0.3 is 0 Å². The molecular formula is C14H17N3O2S. The number of rotatable bonds is 4. The third-order valence-corrected chi connectivity index (χ3v) is 4.12. The van der Waals surface area contributed by atoms with E-state index in [1.807, 2.05) is 12.1 Å². The second kappa shape index (κ2) is 6.39. The molecule has 1 saturated heterocycles. The lowest BCUT2D eigenvalue weighted by Gasteiger charge is -2.28. The Morgan fingerprint density at radius 1 is 1.25 bits per heavy atom. The molecule has 0 aromatic carbocycles. The van der Waals surface area contributed by atoms with Gasteiger partial charge in [-0.05, 0) is 42.8 Å². The molecule has 3 rings (SSSR count). The van der Waals surface area contributed by atoms with E-state index in [-0.39, 0.29) is 6.10 Å². The van der Waals surface area contributed by atoms with Crippen molar-refractivity contribution in [3.8, 4) is 0 Å². The summed E-state index contributed by atoms with van der Waals surface area (Å²) >= 11 is 1.42. The monoisotopic (exact) mass is 291 g/mol. The Bertz CT molecular complexity index is 538. The van der Waals surface area contributed by atoms with Gasteiger partial charge in [0.2, 0.25) is 0 Å². The summed E-state index contributed by atoms with van der Waals surface area (Å²) in [5, 5.41) is 11.0. The molecule has 0 saturated carbocycles. The van der Waals surface area contributed by atoms with Crippen LogP contribution in [0.3, 0.4) is 0 Å². The number of aliphatic hydroxyl groups is 1. The van der Waals surface area contributed by atoms with E-state index in [0.717, 1.165) is 43.3 Å². The van der Waals surface area contributed by atoms with Gasteiger partial charge in [0.15, 0.2) is 10.2 Å². The number of aromatic nitrogens is 2. The highest BCUT2D eigenvalue weighted by Crippen LogP contribution is 2.26. The summed E-state index contributed by atoms with van der Waals surface area (Å²) in [7, 11) is 0. The van der Waals surface area contributed by atoms with Gasteiger partial charge in [-0.1, -0.05) is 0 Å². The highest BCUT2D eigenvalue weighted by Gasteiger charge is 2.18. The molecule has 1 aliphatic heterocycles. The standard InChI is InChI=1S/C14H17N3O2S/c18-11-4-8-17(9-5-11)10-12-2-3-13(19-12)20-14-15-6-1-7-16-14/h1-3,6-7,11,18H,4-5,8-10H2. The first-order valence-electron chi connectivity index (χ1n) is 6.73. The molecule has 0 bridgehead atoms. The minimum atomic E-state index is -0.135. The van der Waals surface area contributed by atoms with E-state index in [0.29, 0.717) is 5.16 Å². The quantitative estimate of drug-likeness (QED) is 0.871. The molecule has 6 heteroatoms. The van der Waals surface area contributed by atoms with Crippen LogP contribution in [-0.2, 0) is 6.54 Å². The Morgan fingerprint density at radius 2 is 2.00 bits per heavy atom. The maximum Gasteiger partial charge on any atom is 0.195 e. The van der Waals surface area contributed by atoms with E-state index in [4.69, 9.17) is 4.42 Å². The summed E-state index contributed by atoms with van der Waals surface area (Å²) in [6, 6.07) is 5.74. The normalized spacial score (nSPS) is 17.4. The van der Waals surface area contributed by atoms with Crippen molar-refractivity contribution in [2.75, 3.05) is 13.1 Å². The Labute approximate surface area is 122 Å². The number of likely N-dealkylation sites (tertiary alicyclic amines) is 1. The lowest BCUT2D eigenvalue weighted by atomic mass is 10.1. The second-order valence-corrected chi connectivity index (χ2v) is 5.83. The number of furan rings is 1. The van der Waals surface area contributed by atoms with Crippen LogP contribution in [-0.4, -0.2) is 39.2 Å². The van der Waals surface area contributed by atoms with Gasteiger partial charge in [-0.15, -0.1) is 0 Å². The van der Waals surface area contributed by atoms with E-state index in [9.17, 15) is 5.11 Å². The summed E-state index contributed by atoms with van der Waals surface area (Å²) in [5.41, 5.74) is 0. The molecule has 20 heavy (non-hydrogen) atoms. The van der Waals surface area contributed by atoms with Gasteiger partial charge in [0.25, 0.3) is 0 Å². The Morgan fingerprint density at radius 3 is 2.75 bits per heavy atom.